The average Bonchev–Trinajstić information content (AvgIpc) is 3.36. The number of aryl methyl sites for hydroxylation is 2. The Morgan fingerprint density at radius 1 is 0.879 bits per heavy atom. The number of fused-ring (bicyclic) bond motifs is 1. The van der Waals surface area contributed by atoms with Gasteiger partial charge in [-0.2, -0.15) is 0 Å². The van der Waals surface area contributed by atoms with Crippen molar-refractivity contribution in [3.63, 3.8) is 0 Å². The SMILES string of the molecule is Cc1ccc(C2=C(N(C)Cc3ccccc3)C(=O)N(c3ccc4c(c3)OCO4)C2=O)c(C)c1. The van der Waals surface area contributed by atoms with Gasteiger partial charge < -0.3 is 14.4 Å². The van der Waals surface area contributed by atoms with Gasteiger partial charge in [-0.05, 0) is 42.7 Å². The van der Waals surface area contributed by atoms with E-state index in [-0.39, 0.29) is 18.6 Å². The lowest BCUT2D eigenvalue weighted by atomic mass is 9.97. The molecule has 0 atom stereocenters. The van der Waals surface area contributed by atoms with E-state index < -0.39 is 0 Å². The van der Waals surface area contributed by atoms with E-state index in [1.54, 1.807) is 18.2 Å². The largest absolute Gasteiger partial charge is 0.454 e. The van der Waals surface area contributed by atoms with E-state index in [1.807, 2.05) is 74.3 Å². The van der Waals surface area contributed by atoms with E-state index in [9.17, 15) is 9.59 Å². The highest BCUT2D eigenvalue weighted by molar-refractivity contribution is 6.45. The van der Waals surface area contributed by atoms with Crippen molar-refractivity contribution in [2.24, 2.45) is 0 Å². The molecule has 0 saturated heterocycles. The second-order valence-electron chi connectivity index (χ2n) is 8.37. The molecule has 2 heterocycles. The Morgan fingerprint density at radius 2 is 1.64 bits per heavy atom. The third kappa shape index (κ3) is 3.63. The van der Waals surface area contributed by atoms with Crippen LogP contribution >= 0.6 is 0 Å². The smallest absolute Gasteiger partial charge is 0.282 e. The van der Waals surface area contributed by atoms with Crippen LogP contribution in [-0.4, -0.2) is 30.6 Å². The highest BCUT2D eigenvalue weighted by Gasteiger charge is 2.42. The molecule has 0 aliphatic carbocycles. The molecule has 33 heavy (non-hydrogen) atoms. The van der Waals surface area contributed by atoms with Crippen LogP contribution in [0, 0.1) is 13.8 Å². The van der Waals surface area contributed by atoms with Crippen molar-refractivity contribution < 1.29 is 19.1 Å². The van der Waals surface area contributed by atoms with Gasteiger partial charge in [0.25, 0.3) is 11.8 Å². The number of nitrogens with zero attached hydrogens (tertiary/aromatic N) is 2. The molecule has 166 valence electrons. The molecule has 5 rings (SSSR count). The number of carbonyl (C=O) groups excluding carboxylic acids is 2. The number of anilines is 1. The number of hydrogen-bond donors (Lipinski definition) is 0. The Labute approximate surface area is 192 Å². The molecule has 0 radical (unpaired) electrons. The lowest BCUT2D eigenvalue weighted by molar-refractivity contribution is -0.120. The van der Waals surface area contributed by atoms with E-state index in [2.05, 4.69) is 0 Å². The number of benzene rings is 3. The summed E-state index contributed by atoms with van der Waals surface area (Å²) in [6.45, 7) is 4.59. The molecule has 0 saturated carbocycles. The van der Waals surface area contributed by atoms with Crippen LogP contribution in [0.4, 0.5) is 5.69 Å². The predicted molar refractivity (Wildman–Crippen MR) is 126 cm³/mol. The maximum absolute atomic E-state index is 13.8. The van der Waals surface area contributed by atoms with E-state index in [0.29, 0.717) is 35.0 Å². The van der Waals surface area contributed by atoms with Crippen molar-refractivity contribution in [2.45, 2.75) is 20.4 Å². The molecule has 6 heteroatoms. The number of amides is 2. The summed E-state index contributed by atoms with van der Waals surface area (Å²) >= 11 is 0. The first-order valence-corrected chi connectivity index (χ1v) is 10.8. The number of likely N-dealkylation sites (N-methyl/N-ethyl adjacent to an activating group) is 1. The van der Waals surface area contributed by atoms with Crippen molar-refractivity contribution in [1.82, 2.24) is 4.90 Å². The zero-order chi connectivity index (χ0) is 23.1. The first kappa shape index (κ1) is 20.8. The third-order valence-electron chi connectivity index (χ3n) is 5.97. The van der Waals surface area contributed by atoms with Crippen molar-refractivity contribution >= 4 is 23.1 Å². The first-order chi connectivity index (χ1) is 15.9. The van der Waals surface area contributed by atoms with Gasteiger partial charge in [-0.3, -0.25) is 9.59 Å². The fraction of sp³-hybridized carbons (Fsp3) is 0.185. The van der Waals surface area contributed by atoms with Gasteiger partial charge in [0, 0.05) is 19.7 Å². The lowest BCUT2D eigenvalue weighted by Gasteiger charge is -2.22. The zero-order valence-electron chi connectivity index (χ0n) is 18.8. The summed E-state index contributed by atoms with van der Waals surface area (Å²) in [7, 11) is 1.85. The first-order valence-electron chi connectivity index (χ1n) is 10.8. The summed E-state index contributed by atoms with van der Waals surface area (Å²) in [4.78, 5) is 30.6. The van der Waals surface area contributed by atoms with Crippen molar-refractivity contribution in [3.05, 3.63) is 94.7 Å². The van der Waals surface area contributed by atoms with Gasteiger partial charge >= 0.3 is 0 Å². The molecule has 2 amide bonds. The molecule has 2 aliphatic heterocycles. The summed E-state index contributed by atoms with van der Waals surface area (Å²) in [5.41, 5.74) is 5.11. The van der Waals surface area contributed by atoms with E-state index >= 15 is 0 Å². The molecule has 0 N–H and O–H groups in total. The maximum atomic E-state index is 13.8. The van der Waals surface area contributed by atoms with Crippen LogP contribution in [-0.2, 0) is 16.1 Å². The summed E-state index contributed by atoms with van der Waals surface area (Å²) in [5, 5.41) is 0. The molecule has 6 nitrogen and oxygen atoms in total. The van der Waals surface area contributed by atoms with Crippen LogP contribution in [0.5, 0.6) is 11.5 Å². The summed E-state index contributed by atoms with van der Waals surface area (Å²) < 4.78 is 10.9. The third-order valence-corrected chi connectivity index (χ3v) is 5.97. The molecule has 0 unspecified atom stereocenters. The molecule has 0 fully saturated rings. The molecular weight excluding hydrogens is 416 g/mol. The Morgan fingerprint density at radius 3 is 2.39 bits per heavy atom. The van der Waals surface area contributed by atoms with Crippen molar-refractivity contribution in [3.8, 4) is 11.5 Å². The number of ether oxygens (including phenoxy) is 2. The van der Waals surface area contributed by atoms with Gasteiger partial charge in [-0.1, -0.05) is 54.1 Å². The second-order valence-corrected chi connectivity index (χ2v) is 8.37. The van der Waals surface area contributed by atoms with Crippen molar-refractivity contribution in [1.29, 1.82) is 0 Å². The van der Waals surface area contributed by atoms with Crippen LogP contribution in [0.3, 0.4) is 0 Å². The van der Waals surface area contributed by atoms with Crippen LogP contribution < -0.4 is 14.4 Å². The normalized spacial score (nSPS) is 14.9. The fourth-order valence-electron chi connectivity index (χ4n) is 4.40. The standard InChI is InChI=1S/C27H24N2O4/c1-17-9-11-21(18(2)13-17)24-25(28(3)15-19-7-5-4-6-8-19)27(31)29(26(24)30)20-10-12-22-23(14-20)33-16-32-22/h4-14H,15-16H2,1-3H3. The molecule has 0 aromatic heterocycles. The minimum Gasteiger partial charge on any atom is -0.454 e. The average molecular weight is 440 g/mol. The fourth-order valence-corrected chi connectivity index (χ4v) is 4.40. The van der Waals surface area contributed by atoms with Gasteiger partial charge in [0.2, 0.25) is 6.79 Å². The van der Waals surface area contributed by atoms with Crippen LogP contribution in [0.15, 0.2) is 72.4 Å². The van der Waals surface area contributed by atoms with E-state index in [4.69, 9.17) is 9.47 Å². The van der Waals surface area contributed by atoms with Crippen LogP contribution in [0.1, 0.15) is 22.3 Å². The maximum Gasteiger partial charge on any atom is 0.282 e. The minimum atomic E-state index is -0.354. The van der Waals surface area contributed by atoms with Gasteiger partial charge in [0.15, 0.2) is 11.5 Å². The topological polar surface area (TPSA) is 59.1 Å². The molecule has 0 bridgehead atoms. The molecule has 3 aromatic carbocycles. The Bertz CT molecular complexity index is 1300. The van der Waals surface area contributed by atoms with Crippen molar-refractivity contribution in [2.75, 3.05) is 18.7 Å². The Balaban J connectivity index is 1.61. The summed E-state index contributed by atoms with van der Waals surface area (Å²) in [5.74, 6) is 0.419. The van der Waals surface area contributed by atoms with Crippen LogP contribution in [0.2, 0.25) is 0 Å². The molecule has 3 aromatic rings. The van der Waals surface area contributed by atoms with Gasteiger partial charge in [-0.25, -0.2) is 4.90 Å². The van der Waals surface area contributed by atoms with Gasteiger partial charge in [0.1, 0.15) is 5.70 Å². The number of imide groups is 1. The summed E-state index contributed by atoms with van der Waals surface area (Å²) in [6, 6.07) is 20.9. The predicted octanol–water partition coefficient (Wildman–Crippen LogP) is 4.45. The van der Waals surface area contributed by atoms with Gasteiger partial charge in [0.05, 0.1) is 11.3 Å². The summed E-state index contributed by atoms with van der Waals surface area (Å²) in [6.07, 6.45) is 0. The highest BCUT2D eigenvalue weighted by atomic mass is 16.7. The van der Waals surface area contributed by atoms with Gasteiger partial charge in [-0.15, -0.1) is 0 Å². The minimum absolute atomic E-state index is 0.123. The van der Waals surface area contributed by atoms with Crippen LogP contribution in [0.25, 0.3) is 5.57 Å². The van der Waals surface area contributed by atoms with E-state index in [1.165, 1.54) is 4.90 Å². The highest BCUT2D eigenvalue weighted by Crippen LogP contribution is 2.40. The molecule has 2 aliphatic rings. The molecular formula is C27H24N2O4. The second kappa shape index (κ2) is 8.13. The van der Waals surface area contributed by atoms with E-state index in [0.717, 1.165) is 22.3 Å². The Hall–Kier alpha value is -4.06. The quantitative estimate of drug-likeness (QED) is 0.549. The monoisotopic (exact) mass is 440 g/mol. The Kier molecular flexibility index (Phi) is 5.13. The lowest BCUT2D eigenvalue weighted by Crippen LogP contribution is -2.34. The molecule has 0 spiro atoms. The zero-order valence-corrected chi connectivity index (χ0v) is 18.8. The number of carbonyl (C=O) groups is 2. The number of hydrogen-bond acceptors (Lipinski definition) is 5. The number of rotatable bonds is 5.